The number of carbonyl (C=O) groups is 1. The molecule has 104 valence electrons. The van der Waals surface area contributed by atoms with E-state index in [1.807, 2.05) is 4.90 Å². The highest BCUT2D eigenvalue weighted by atomic mass is 19.1. The van der Waals surface area contributed by atoms with E-state index in [2.05, 4.69) is 5.32 Å². The Balaban J connectivity index is 2.23. The van der Waals surface area contributed by atoms with Crippen molar-refractivity contribution < 1.29 is 9.18 Å². The monoisotopic (exact) mass is 264 g/mol. The van der Waals surface area contributed by atoms with Crippen LogP contribution in [0.2, 0.25) is 0 Å². The number of carbonyl (C=O) groups excluding carboxylic acids is 1. The molecule has 19 heavy (non-hydrogen) atoms. The number of rotatable bonds is 2. The molecule has 1 fully saturated rings. The molecule has 1 aromatic carbocycles. The van der Waals surface area contributed by atoms with Crippen molar-refractivity contribution in [2.45, 2.75) is 25.7 Å². The Bertz CT molecular complexity index is 451. The van der Waals surface area contributed by atoms with Gasteiger partial charge < -0.3 is 10.2 Å². The van der Waals surface area contributed by atoms with Crippen molar-refractivity contribution in [2.24, 2.45) is 0 Å². The van der Waals surface area contributed by atoms with Gasteiger partial charge in [0.2, 0.25) is 5.91 Å². The SMILES string of the molecule is CC(C)(C(=O)N1CCCNCC1)c1ccccc1F. The first kappa shape index (κ1) is 14.0. The zero-order chi connectivity index (χ0) is 13.9. The van der Waals surface area contributed by atoms with Crippen LogP contribution in [0.1, 0.15) is 25.8 Å². The van der Waals surface area contributed by atoms with Gasteiger partial charge in [0.05, 0.1) is 5.41 Å². The average molecular weight is 264 g/mol. The molecule has 0 unspecified atom stereocenters. The van der Waals surface area contributed by atoms with Crippen LogP contribution in [0.4, 0.5) is 4.39 Å². The first-order valence-electron chi connectivity index (χ1n) is 6.78. The lowest BCUT2D eigenvalue weighted by Crippen LogP contribution is -2.45. The molecule has 0 radical (unpaired) electrons. The van der Waals surface area contributed by atoms with Crippen molar-refractivity contribution in [3.05, 3.63) is 35.6 Å². The normalized spacial score (nSPS) is 17.1. The van der Waals surface area contributed by atoms with Crippen LogP contribution in [0.25, 0.3) is 0 Å². The van der Waals surface area contributed by atoms with E-state index in [0.717, 1.165) is 26.1 Å². The van der Waals surface area contributed by atoms with Crippen LogP contribution in [-0.4, -0.2) is 37.0 Å². The van der Waals surface area contributed by atoms with Crippen molar-refractivity contribution in [3.8, 4) is 0 Å². The van der Waals surface area contributed by atoms with Crippen molar-refractivity contribution in [2.75, 3.05) is 26.2 Å². The third kappa shape index (κ3) is 2.95. The van der Waals surface area contributed by atoms with Gasteiger partial charge in [0.25, 0.3) is 0 Å². The van der Waals surface area contributed by atoms with Gasteiger partial charge in [-0.15, -0.1) is 0 Å². The first-order chi connectivity index (χ1) is 9.03. The maximum atomic E-state index is 13.9. The van der Waals surface area contributed by atoms with Crippen LogP contribution in [-0.2, 0) is 10.2 Å². The molecule has 0 aromatic heterocycles. The Morgan fingerprint density at radius 2 is 2.00 bits per heavy atom. The summed E-state index contributed by atoms with van der Waals surface area (Å²) in [5.41, 5.74) is -0.354. The van der Waals surface area contributed by atoms with Crippen LogP contribution >= 0.6 is 0 Å². The minimum atomic E-state index is -0.824. The van der Waals surface area contributed by atoms with E-state index in [1.54, 1.807) is 32.0 Å². The van der Waals surface area contributed by atoms with Gasteiger partial charge in [-0.05, 0) is 32.9 Å². The number of amides is 1. The molecule has 1 aliphatic heterocycles. The van der Waals surface area contributed by atoms with Gasteiger partial charge in [-0.3, -0.25) is 4.79 Å². The largest absolute Gasteiger partial charge is 0.341 e. The first-order valence-corrected chi connectivity index (χ1v) is 6.78. The molecule has 1 N–H and O–H groups in total. The number of nitrogens with one attached hydrogen (secondary N) is 1. The van der Waals surface area contributed by atoms with Crippen LogP contribution in [0.5, 0.6) is 0 Å². The van der Waals surface area contributed by atoms with Crippen molar-refractivity contribution in [1.29, 1.82) is 0 Å². The molecule has 3 nitrogen and oxygen atoms in total. The van der Waals surface area contributed by atoms with Gasteiger partial charge in [0, 0.05) is 25.2 Å². The van der Waals surface area contributed by atoms with E-state index in [9.17, 15) is 9.18 Å². The van der Waals surface area contributed by atoms with Gasteiger partial charge in [-0.2, -0.15) is 0 Å². The smallest absolute Gasteiger partial charge is 0.232 e. The molecule has 0 atom stereocenters. The summed E-state index contributed by atoms with van der Waals surface area (Å²) in [5, 5.41) is 3.27. The molecule has 1 saturated heterocycles. The topological polar surface area (TPSA) is 32.3 Å². The molecule has 1 aliphatic rings. The van der Waals surface area contributed by atoms with E-state index in [-0.39, 0.29) is 11.7 Å². The van der Waals surface area contributed by atoms with E-state index in [1.165, 1.54) is 6.07 Å². The third-order valence-corrected chi connectivity index (χ3v) is 3.71. The number of hydrogen-bond acceptors (Lipinski definition) is 2. The summed E-state index contributed by atoms with van der Waals surface area (Å²) in [6.07, 6.45) is 0.944. The summed E-state index contributed by atoms with van der Waals surface area (Å²) in [6.45, 7) is 6.77. The predicted octanol–water partition coefficient (Wildman–Crippen LogP) is 1.93. The van der Waals surface area contributed by atoms with Crippen LogP contribution in [0.15, 0.2) is 24.3 Å². The minimum absolute atomic E-state index is 0.00120. The van der Waals surface area contributed by atoms with Gasteiger partial charge in [0.15, 0.2) is 0 Å². The Hall–Kier alpha value is -1.42. The molecule has 0 aliphatic carbocycles. The lowest BCUT2D eigenvalue weighted by atomic mass is 9.82. The Morgan fingerprint density at radius 3 is 2.74 bits per heavy atom. The van der Waals surface area contributed by atoms with Gasteiger partial charge in [0.1, 0.15) is 5.82 Å². The highest BCUT2D eigenvalue weighted by Crippen LogP contribution is 2.28. The summed E-state index contributed by atoms with van der Waals surface area (Å²) in [7, 11) is 0. The molecular formula is C15H21FN2O. The summed E-state index contributed by atoms with van der Waals surface area (Å²) >= 11 is 0. The average Bonchev–Trinajstić information content (AvgIpc) is 2.67. The van der Waals surface area contributed by atoms with Crippen molar-refractivity contribution in [3.63, 3.8) is 0 Å². The highest BCUT2D eigenvalue weighted by Gasteiger charge is 2.35. The molecule has 0 bridgehead atoms. The standard InChI is InChI=1S/C15H21FN2O/c1-15(2,12-6-3-4-7-13(12)16)14(19)18-10-5-8-17-9-11-18/h3-4,6-7,17H,5,8-11H2,1-2H3. The number of halogens is 1. The van der Waals surface area contributed by atoms with E-state index < -0.39 is 5.41 Å². The second-order valence-electron chi connectivity index (χ2n) is 5.50. The molecule has 1 aromatic rings. The molecule has 1 amide bonds. The molecule has 0 spiro atoms. The third-order valence-electron chi connectivity index (χ3n) is 3.71. The zero-order valence-electron chi connectivity index (χ0n) is 11.6. The second-order valence-corrected chi connectivity index (χ2v) is 5.50. The second kappa shape index (κ2) is 5.70. The number of benzene rings is 1. The highest BCUT2D eigenvalue weighted by molar-refractivity contribution is 5.87. The quantitative estimate of drug-likeness (QED) is 0.885. The Labute approximate surface area is 113 Å². The molecule has 2 rings (SSSR count). The molecular weight excluding hydrogens is 243 g/mol. The molecule has 1 heterocycles. The lowest BCUT2D eigenvalue weighted by Gasteiger charge is -2.31. The fourth-order valence-corrected chi connectivity index (χ4v) is 2.53. The van der Waals surface area contributed by atoms with Crippen LogP contribution < -0.4 is 5.32 Å². The predicted molar refractivity (Wildman–Crippen MR) is 73.5 cm³/mol. The number of hydrogen-bond donors (Lipinski definition) is 1. The number of nitrogens with zero attached hydrogens (tertiary/aromatic N) is 1. The summed E-state index contributed by atoms with van der Waals surface area (Å²) in [5.74, 6) is -0.310. The Kier molecular flexibility index (Phi) is 4.20. The van der Waals surface area contributed by atoms with E-state index >= 15 is 0 Å². The fourth-order valence-electron chi connectivity index (χ4n) is 2.53. The van der Waals surface area contributed by atoms with Crippen molar-refractivity contribution >= 4 is 5.91 Å². The van der Waals surface area contributed by atoms with E-state index in [4.69, 9.17) is 0 Å². The minimum Gasteiger partial charge on any atom is -0.341 e. The zero-order valence-corrected chi connectivity index (χ0v) is 11.6. The summed E-state index contributed by atoms with van der Waals surface area (Å²) in [4.78, 5) is 14.5. The van der Waals surface area contributed by atoms with Gasteiger partial charge in [-0.1, -0.05) is 18.2 Å². The lowest BCUT2D eigenvalue weighted by molar-refractivity contribution is -0.136. The molecule has 0 saturated carbocycles. The van der Waals surface area contributed by atoms with Gasteiger partial charge >= 0.3 is 0 Å². The summed E-state index contributed by atoms with van der Waals surface area (Å²) < 4.78 is 13.9. The maximum Gasteiger partial charge on any atom is 0.232 e. The fraction of sp³-hybridized carbons (Fsp3) is 0.533. The van der Waals surface area contributed by atoms with Gasteiger partial charge in [-0.25, -0.2) is 4.39 Å². The maximum absolute atomic E-state index is 13.9. The Morgan fingerprint density at radius 1 is 1.26 bits per heavy atom. The van der Waals surface area contributed by atoms with Crippen LogP contribution in [0, 0.1) is 5.82 Å². The molecule has 4 heteroatoms. The summed E-state index contributed by atoms with van der Waals surface area (Å²) in [6, 6.07) is 6.53. The van der Waals surface area contributed by atoms with Crippen molar-refractivity contribution in [1.82, 2.24) is 10.2 Å². The van der Waals surface area contributed by atoms with E-state index in [0.29, 0.717) is 12.1 Å². The van der Waals surface area contributed by atoms with Crippen LogP contribution in [0.3, 0.4) is 0 Å².